The first-order chi connectivity index (χ1) is 13.2. The molecule has 1 amide bonds. The minimum atomic E-state index is 0.00599. The lowest BCUT2D eigenvalue weighted by Gasteiger charge is -2.10. The van der Waals surface area contributed by atoms with Crippen LogP contribution in [0.3, 0.4) is 0 Å². The van der Waals surface area contributed by atoms with Crippen LogP contribution in [0, 0.1) is 0 Å². The Bertz CT molecular complexity index is 916. The summed E-state index contributed by atoms with van der Waals surface area (Å²) in [4.78, 5) is 20.8. The number of methoxy groups -OCH3 is 1. The minimum absolute atomic E-state index is 0.00599. The van der Waals surface area contributed by atoms with E-state index in [2.05, 4.69) is 31.2 Å². The smallest absolute Gasteiger partial charge is 0.220 e. The van der Waals surface area contributed by atoms with Crippen molar-refractivity contribution in [2.24, 2.45) is 0 Å². The zero-order chi connectivity index (χ0) is 19.1. The maximum absolute atomic E-state index is 12.3. The Balaban J connectivity index is 1.58. The van der Waals surface area contributed by atoms with Crippen molar-refractivity contribution in [1.29, 1.82) is 0 Å². The molecule has 1 aromatic carbocycles. The van der Waals surface area contributed by atoms with E-state index < -0.39 is 0 Å². The number of carbonyl (C=O) groups is 1. The Hall–Kier alpha value is -2.73. The molecule has 0 spiro atoms. The molecule has 27 heavy (non-hydrogen) atoms. The van der Waals surface area contributed by atoms with Gasteiger partial charge in [0.25, 0.3) is 0 Å². The van der Waals surface area contributed by atoms with Gasteiger partial charge in [-0.15, -0.1) is 0 Å². The van der Waals surface area contributed by atoms with Crippen LogP contribution in [0.2, 0.25) is 0 Å². The third-order valence-electron chi connectivity index (χ3n) is 4.18. The Morgan fingerprint density at radius 2 is 1.96 bits per heavy atom. The number of nitrogens with one attached hydrogen (secondary N) is 1. The summed E-state index contributed by atoms with van der Waals surface area (Å²) in [7, 11) is 1.63. The summed E-state index contributed by atoms with van der Waals surface area (Å²) in [5, 5.41) is 2.99. The first kappa shape index (κ1) is 19.0. The van der Waals surface area contributed by atoms with Crippen molar-refractivity contribution in [3.63, 3.8) is 0 Å². The number of pyridine rings is 2. The van der Waals surface area contributed by atoms with Crippen LogP contribution in [-0.4, -0.2) is 23.0 Å². The van der Waals surface area contributed by atoms with Crippen LogP contribution < -0.4 is 10.1 Å². The molecule has 0 aliphatic carbocycles. The number of ether oxygens (including phenoxy) is 1. The van der Waals surface area contributed by atoms with Gasteiger partial charge in [-0.05, 0) is 63.8 Å². The molecule has 138 valence electrons. The molecular formula is C21H20BrN3O2. The molecule has 0 saturated carbocycles. The Morgan fingerprint density at radius 1 is 1.15 bits per heavy atom. The fraction of sp³-hybridized carbons (Fsp3) is 0.190. The van der Waals surface area contributed by atoms with Crippen molar-refractivity contribution in [2.75, 3.05) is 7.11 Å². The number of hydrogen-bond acceptors (Lipinski definition) is 4. The van der Waals surface area contributed by atoms with E-state index in [-0.39, 0.29) is 5.91 Å². The van der Waals surface area contributed by atoms with E-state index in [0.29, 0.717) is 19.4 Å². The van der Waals surface area contributed by atoms with Gasteiger partial charge in [0.2, 0.25) is 5.91 Å². The SMILES string of the molecule is COc1ccc(CCC(=O)NCc2cccnc2-c2ccncc2)cc1Br. The van der Waals surface area contributed by atoms with E-state index in [9.17, 15) is 4.79 Å². The molecular weight excluding hydrogens is 406 g/mol. The normalized spacial score (nSPS) is 10.4. The van der Waals surface area contributed by atoms with Crippen LogP contribution in [0.15, 0.2) is 65.5 Å². The first-order valence-corrected chi connectivity index (χ1v) is 9.40. The molecule has 0 radical (unpaired) electrons. The summed E-state index contributed by atoms with van der Waals surface area (Å²) in [6.07, 6.45) is 6.31. The topological polar surface area (TPSA) is 64.1 Å². The number of halogens is 1. The molecule has 3 aromatic rings. The zero-order valence-electron chi connectivity index (χ0n) is 15.0. The zero-order valence-corrected chi connectivity index (χ0v) is 16.6. The number of aromatic nitrogens is 2. The molecule has 1 N–H and O–H groups in total. The van der Waals surface area contributed by atoms with Crippen LogP contribution in [0.25, 0.3) is 11.3 Å². The molecule has 0 unspecified atom stereocenters. The summed E-state index contributed by atoms with van der Waals surface area (Å²) in [5.41, 5.74) is 3.90. The Labute approximate surface area is 167 Å². The van der Waals surface area contributed by atoms with E-state index in [1.165, 1.54) is 0 Å². The van der Waals surface area contributed by atoms with Gasteiger partial charge in [-0.25, -0.2) is 0 Å². The molecule has 0 aliphatic rings. The van der Waals surface area contributed by atoms with Gasteiger partial charge < -0.3 is 10.1 Å². The monoisotopic (exact) mass is 425 g/mol. The highest BCUT2D eigenvalue weighted by molar-refractivity contribution is 9.10. The molecule has 6 heteroatoms. The van der Waals surface area contributed by atoms with Crippen molar-refractivity contribution in [2.45, 2.75) is 19.4 Å². The lowest BCUT2D eigenvalue weighted by molar-refractivity contribution is -0.121. The van der Waals surface area contributed by atoms with Gasteiger partial charge in [-0.1, -0.05) is 12.1 Å². The van der Waals surface area contributed by atoms with E-state index in [1.807, 2.05) is 42.5 Å². The summed E-state index contributed by atoms with van der Waals surface area (Å²) >= 11 is 3.47. The Kier molecular flexibility index (Phi) is 6.54. The molecule has 0 bridgehead atoms. The van der Waals surface area contributed by atoms with Crippen molar-refractivity contribution >= 4 is 21.8 Å². The van der Waals surface area contributed by atoms with Crippen molar-refractivity contribution < 1.29 is 9.53 Å². The number of rotatable bonds is 7. The highest BCUT2D eigenvalue weighted by Crippen LogP contribution is 2.26. The fourth-order valence-corrected chi connectivity index (χ4v) is 3.34. The van der Waals surface area contributed by atoms with Gasteiger partial charge in [-0.3, -0.25) is 14.8 Å². The maximum Gasteiger partial charge on any atom is 0.220 e. The standard InChI is InChI=1S/C21H20BrN3O2/c1-27-19-6-4-15(13-18(19)22)5-7-20(26)25-14-17-3-2-10-24-21(17)16-8-11-23-12-9-16/h2-4,6,8-13H,5,7,14H2,1H3,(H,25,26). The molecule has 0 atom stereocenters. The van der Waals surface area contributed by atoms with Gasteiger partial charge >= 0.3 is 0 Å². The minimum Gasteiger partial charge on any atom is -0.496 e. The van der Waals surface area contributed by atoms with Crippen LogP contribution in [0.5, 0.6) is 5.75 Å². The highest BCUT2D eigenvalue weighted by atomic mass is 79.9. The molecule has 3 rings (SSSR count). The number of benzene rings is 1. The van der Waals surface area contributed by atoms with Gasteiger partial charge in [-0.2, -0.15) is 0 Å². The van der Waals surface area contributed by atoms with E-state index >= 15 is 0 Å². The lowest BCUT2D eigenvalue weighted by atomic mass is 10.1. The van der Waals surface area contributed by atoms with Crippen LogP contribution in [0.1, 0.15) is 17.5 Å². The molecule has 0 aliphatic heterocycles. The van der Waals surface area contributed by atoms with E-state index in [1.54, 1.807) is 25.7 Å². The number of nitrogens with zero attached hydrogens (tertiary/aromatic N) is 2. The van der Waals surface area contributed by atoms with Crippen molar-refractivity contribution in [3.05, 3.63) is 76.7 Å². The quantitative estimate of drug-likeness (QED) is 0.616. The van der Waals surface area contributed by atoms with Gasteiger partial charge in [0, 0.05) is 37.1 Å². The summed E-state index contributed by atoms with van der Waals surface area (Å²) < 4.78 is 6.11. The second-order valence-corrected chi connectivity index (χ2v) is 6.85. The summed E-state index contributed by atoms with van der Waals surface area (Å²) in [5.74, 6) is 0.787. The average molecular weight is 426 g/mol. The van der Waals surface area contributed by atoms with Gasteiger partial charge in [0.1, 0.15) is 5.75 Å². The molecule has 2 aromatic heterocycles. The number of hydrogen-bond donors (Lipinski definition) is 1. The van der Waals surface area contributed by atoms with Gasteiger partial charge in [0.15, 0.2) is 0 Å². The number of aryl methyl sites for hydroxylation is 1. The number of carbonyl (C=O) groups excluding carboxylic acids is 1. The lowest BCUT2D eigenvalue weighted by Crippen LogP contribution is -2.23. The molecule has 5 nitrogen and oxygen atoms in total. The first-order valence-electron chi connectivity index (χ1n) is 8.61. The van der Waals surface area contributed by atoms with E-state index in [4.69, 9.17) is 4.74 Å². The predicted molar refractivity (Wildman–Crippen MR) is 108 cm³/mol. The van der Waals surface area contributed by atoms with Crippen molar-refractivity contribution in [3.8, 4) is 17.0 Å². The fourth-order valence-electron chi connectivity index (χ4n) is 2.76. The van der Waals surface area contributed by atoms with Crippen LogP contribution in [0.4, 0.5) is 0 Å². The Morgan fingerprint density at radius 3 is 2.70 bits per heavy atom. The third-order valence-corrected chi connectivity index (χ3v) is 4.80. The second-order valence-electron chi connectivity index (χ2n) is 5.99. The maximum atomic E-state index is 12.3. The molecule has 2 heterocycles. The molecule has 0 fully saturated rings. The van der Waals surface area contributed by atoms with Crippen LogP contribution >= 0.6 is 15.9 Å². The summed E-state index contributed by atoms with van der Waals surface area (Å²) in [6.45, 7) is 0.441. The van der Waals surface area contributed by atoms with Crippen LogP contribution in [-0.2, 0) is 17.8 Å². The van der Waals surface area contributed by atoms with E-state index in [0.717, 1.165) is 32.6 Å². The predicted octanol–water partition coefficient (Wildman–Crippen LogP) is 4.16. The van der Waals surface area contributed by atoms with Crippen molar-refractivity contribution in [1.82, 2.24) is 15.3 Å². The highest BCUT2D eigenvalue weighted by Gasteiger charge is 2.09. The average Bonchev–Trinajstić information content (AvgIpc) is 2.71. The van der Waals surface area contributed by atoms with Gasteiger partial charge in [0.05, 0.1) is 17.3 Å². The third kappa shape index (κ3) is 5.14. The molecule has 0 saturated heterocycles. The second kappa shape index (κ2) is 9.28. The largest absolute Gasteiger partial charge is 0.496 e. The summed E-state index contributed by atoms with van der Waals surface area (Å²) in [6, 6.07) is 13.5. The number of amides is 1.